The molecule has 0 bridgehead atoms. The maximum atomic E-state index is 12.7. The lowest BCUT2D eigenvalue weighted by Crippen LogP contribution is -2.58. The number of benzene rings is 1. The smallest absolute Gasteiger partial charge is 0.223 e. The second-order valence-corrected chi connectivity index (χ2v) is 9.61. The van der Waals surface area contributed by atoms with Crippen molar-refractivity contribution in [3.05, 3.63) is 29.8 Å². The Bertz CT molecular complexity index is 853. The lowest BCUT2D eigenvalue weighted by Gasteiger charge is -2.50. The minimum atomic E-state index is -0.467. The lowest BCUT2D eigenvalue weighted by atomic mass is 9.58. The molecule has 158 valence electrons. The van der Waals surface area contributed by atoms with Crippen LogP contribution in [0.5, 0.6) is 5.75 Å². The summed E-state index contributed by atoms with van der Waals surface area (Å²) in [5.41, 5.74) is 0.141. The molecule has 30 heavy (non-hydrogen) atoms. The van der Waals surface area contributed by atoms with E-state index < -0.39 is 5.41 Å². The molecule has 1 saturated heterocycles. The molecule has 1 aromatic carbocycles. The molecule has 6 atom stereocenters. The van der Waals surface area contributed by atoms with E-state index in [2.05, 4.69) is 17.5 Å². The van der Waals surface area contributed by atoms with Gasteiger partial charge in [0.05, 0.1) is 29.7 Å². The number of piperidine rings is 1. The molecule has 2 saturated carbocycles. The van der Waals surface area contributed by atoms with Gasteiger partial charge in [-0.15, -0.1) is 0 Å². The molecule has 1 heterocycles. The summed E-state index contributed by atoms with van der Waals surface area (Å²) in [4.78, 5) is 12.7. The summed E-state index contributed by atoms with van der Waals surface area (Å²) in [6.45, 7) is 2.52. The van der Waals surface area contributed by atoms with E-state index in [1.54, 1.807) is 24.3 Å². The van der Waals surface area contributed by atoms with Crippen molar-refractivity contribution >= 4 is 5.91 Å². The third-order valence-corrected chi connectivity index (χ3v) is 7.97. The van der Waals surface area contributed by atoms with Crippen molar-refractivity contribution in [3.8, 4) is 17.9 Å². The Morgan fingerprint density at radius 1 is 1.10 bits per heavy atom. The first-order chi connectivity index (χ1) is 14.5. The van der Waals surface area contributed by atoms with Crippen molar-refractivity contribution in [2.75, 3.05) is 6.61 Å². The average molecular weight is 406 g/mol. The van der Waals surface area contributed by atoms with Gasteiger partial charge in [-0.1, -0.05) is 12.8 Å². The summed E-state index contributed by atoms with van der Waals surface area (Å²) in [6, 6.07) is 12.0. The number of hydrogen-bond donors (Lipinski definition) is 1. The summed E-state index contributed by atoms with van der Waals surface area (Å²) in [5, 5.41) is 22.2. The van der Waals surface area contributed by atoms with Gasteiger partial charge in [0.25, 0.3) is 0 Å². The number of carbonyl (C=O) groups excluding carboxylic acids is 1. The molecule has 6 unspecified atom stereocenters. The van der Waals surface area contributed by atoms with E-state index in [1.165, 1.54) is 19.3 Å². The number of amides is 1. The Kier molecular flexibility index (Phi) is 6.00. The van der Waals surface area contributed by atoms with Crippen LogP contribution >= 0.6 is 0 Å². The molecule has 1 amide bonds. The third kappa shape index (κ3) is 4.04. The SMILES string of the molecule is CC(C#N)(CCOc1ccc(C#N)cc1)C1CCC2C(C1)NC(=O)C1CCCCC12. The largest absolute Gasteiger partial charge is 0.494 e. The number of carbonyl (C=O) groups is 1. The fourth-order valence-corrected chi connectivity index (χ4v) is 6.10. The van der Waals surface area contributed by atoms with Crippen LogP contribution in [0, 0.1) is 51.7 Å². The van der Waals surface area contributed by atoms with Gasteiger partial charge in [-0.2, -0.15) is 10.5 Å². The van der Waals surface area contributed by atoms with E-state index >= 15 is 0 Å². The monoisotopic (exact) mass is 405 g/mol. The highest BCUT2D eigenvalue weighted by Gasteiger charge is 2.49. The summed E-state index contributed by atoms with van der Waals surface area (Å²) in [5.74, 6) is 2.60. The molecule has 0 spiro atoms. The Labute approximate surface area is 179 Å². The second-order valence-electron chi connectivity index (χ2n) is 9.61. The van der Waals surface area contributed by atoms with Crippen LogP contribution in [0.2, 0.25) is 0 Å². The van der Waals surface area contributed by atoms with E-state index in [9.17, 15) is 10.1 Å². The Balaban J connectivity index is 1.37. The molecule has 1 aliphatic heterocycles. The zero-order valence-corrected chi connectivity index (χ0v) is 17.8. The molecule has 1 N–H and O–H groups in total. The van der Waals surface area contributed by atoms with Crippen LogP contribution in [0.1, 0.15) is 63.9 Å². The Hall–Kier alpha value is -2.53. The van der Waals surface area contributed by atoms with Crippen LogP contribution in [0.15, 0.2) is 24.3 Å². The van der Waals surface area contributed by atoms with E-state index in [-0.39, 0.29) is 23.8 Å². The first-order valence-electron chi connectivity index (χ1n) is 11.4. The fourth-order valence-electron chi connectivity index (χ4n) is 6.10. The zero-order chi connectivity index (χ0) is 21.1. The van der Waals surface area contributed by atoms with Crippen molar-refractivity contribution in [2.45, 2.75) is 64.3 Å². The van der Waals surface area contributed by atoms with Gasteiger partial charge in [0.15, 0.2) is 0 Å². The standard InChI is InChI=1S/C25H31N3O2/c1-25(16-27,12-13-30-19-9-6-17(15-26)7-10-19)18-8-11-21-20-4-2-3-5-22(20)24(29)28-23(21)14-18/h6-7,9-10,18,20-23H,2-5,8,11-14H2,1H3,(H,28,29). The summed E-state index contributed by atoms with van der Waals surface area (Å²) < 4.78 is 5.86. The molecule has 5 heteroatoms. The number of fused-ring (bicyclic) bond motifs is 3. The van der Waals surface area contributed by atoms with Crippen LogP contribution in [-0.4, -0.2) is 18.6 Å². The minimum Gasteiger partial charge on any atom is -0.494 e. The number of rotatable bonds is 5. The zero-order valence-electron chi connectivity index (χ0n) is 17.8. The van der Waals surface area contributed by atoms with Crippen molar-refractivity contribution in [3.63, 3.8) is 0 Å². The molecule has 0 aromatic heterocycles. The molecule has 0 radical (unpaired) electrons. The first-order valence-corrected chi connectivity index (χ1v) is 11.4. The maximum absolute atomic E-state index is 12.7. The molecular weight excluding hydrogens is 374 g/mol. The van der Waals surface area contributed by atoms with Crippen molar-refractivity contribution in [2.24, 2.45) is 29.1 Å². The first kappa shape index (κ1) is 20.7. The molecule has 4 rings (SSSR count). The maximum Gasteiger partial charge on any atom is 0.223 e. The third-order valence-electron chi connectivity index (χ3n) is 7.97. The number of nitrogens with zero attached hydrogens (tertiary/aromatic N) is 2. The van der Waals surface area contributed by atoms with Gasteiger partial charge >= 0.3 is 0 Å². The molecule has 1 aromatic rings. The highest BCUT2D eigenvalue weighted by atomic mass is 16.5. The van der Waals surface area contributed by atoms with Gasteiger partial charge < -0.3 is 10.1 Å². The van der Waals surface area contributed by atoms with Gasteiger partial charge in [-0.3, -0.25) is 4.79 Å². The lowest BCUT2D eigenvalue weighted by molar-refractivity contribution is -0.136. The molecule has 3 aliphatic rings. The van der Waals surface area contributed by atoms with Crippen molar-refractivity contribution in [1.82, 2.24) is 5.32 Å². The van der Waals surface area contributed by atoms with Gasteiger partial charge in [-0.05, 0) is 81.0 Å². The highest BCUT2D eigenvalue weighted by molar-refractivity contribution is 5.80. The van der Waals surface area contributed by atoms with Gasteiger partial charge in [0.2, 0.25) is 5.91 Å². The van der Waals surface area contributed by atoms with E-state index in [0.29, 0.717) is 30.4 Å². The molecule has 2 aliphatic carbocycles. The van der Waals surface area contributed by atoms with E-state index in [1.807, 2.05) is 6.92 Å². The number of hydrogen-bond acceptors (Lipinski definition) is 4. The Morgan fingerprint density at radius 3 is 2.60 bits per heavy atom. The minimum absolute atomic E-state index is 0.222. The van der Waals surface area contributed by atoms with Crippen LogP contribution < -0.4 is 10.1 Å². The predicted octanol–water partition coefficient (Wildman–Crippen LogP) is 4.58. The van der Waals surface area contributed by atoms with Crippen LogP contribution in [0.3, 0.4) is 0 Å². The highest BCUT2D eigenvalue weighted by Crippen LogP contribution is 2.49. The molecular formula is C25H31N3O2. The predicted molar refractivity (Wildman–Crippen MR) is 113 cm³/mol. The molecule has 5 nitrogen and oxygen atoms in total. The second kappa shape index (κ2) is 8.68. The fraction of sp³-hybridized carbons (Fsp3) is 0.640. The summed E-state index contributed by atoms with van der Waals surface area (Å²) >= 11 is 0. The van der Waals surface area contributed by atoms with Crippen LogP contribution in [0.25, 0.3) is 0 Å². The summed E-state index contributed by atoms with van der Waals surface area (Å²) in [7, 11) is 0. The van der Waals surface area contributed by atoms with Crippen molar-refractivity contribution in [1.29, 1.82) is 10.5 Å². The van der Waals surface area contributed by atoms with Gasteiger partial charge in [0, 0.05) is 18.4 Å². The van der Waals surface area contributed by atoms with Crippen LogP contribution in [0.4, 0.5) is 0 Å². The van der Waals surface area contributed by atoms with Crippen LogP contribution in [-0.2, 0) is 4.79 Å². The van der Waals surface area contributed by atoms with E-state index in [4.69, 9.17) is 10.00 Å². The topological polar surface area (TPSA) is 85.9 Å². The number of ether oxygens (including phenoxy) is 1. The normalized spacial score (nSPS) is 32.4. The van der Waals surface area contributed by atoms with Gasteiger partial charge in [0.1, 0.15) is 5.75 Å². The molecule has 3 fully saturated rings. The average Bonchev–Trinajstić information content (AvgIpc) is 2.79. The van der Waals surface area contributed by atoms with E-state index in [0.717, 1.165) is 31.4 Å². The van der Waals surface area contributed by atoms with Crippen molar-refractivity contribution < 1.29 is 9.53 Å². The number of nitriles is 2. The Morgan fingerprint density at radius 2 is 1.87 bits per heavy atom. The van der Waals surface area contributed by atoms with Gasteiger partial charge in [-0.25, -0.2) is 0 Å². The summed E-state index contributed by atoms with van der Waals surface area (Å²) in [6.07, 6.45) is 8.41. The quantitative estimate of drug-likeness (QED) is 0.777. The number of nitrogens with one attached hydrogen (secondary N) is 1.